The van der Waals surface area contributed by atoms with Gasteiger partial charge in [-0.3, -0.25) is 14.6 Å². The maximum Gasteiger partial charge on any atom is 0.324 e. The van der Waals surface area contributed by atoms with Gasteiger partial charge in [0.25, 0.3) is 0 Å². The second-order valence-electron chi connectivity index (χ2n) is 11.9. The predicted molar refractivity (Wildman–Crippen MR) is 166 cm³/mol. The minimum absolute atomic E-state index is 0.0218. The second kappa shape index (κ2) is 11.6. The van der Waals surface area contributed by atoms with E-state index in [1.54, 1.807) is 0 Å². The van der Waals surface area contributed by atoms with E-state index in [9.17, 15) is 9.59 Å². The number of nitrogens with zero attached hydrogens (tertiary/aromatic N) is 4. The first-order chi connectivity index (χ1) is 19.9. The predicted octanol–water partition coefficient (Wildman–Crippen LogP) is 5.64. The highest BCUT2D eigenvalue weighted by atomic mass is 16.2. The highest BCUT2D eigenvalue weighted by molar-refractivity contribution is 5.96. The Labute approximate surface area is 243 Å². The van der Waals surface area contributed by atoms with Gasteiger partial charge in [0.1, 0.15) is 6.04 Å². The molecular formula is C34H41N5O2. The van der Waals surface area contributed by atoms with Crippen molar-refractivity contribution in [2.45, 2.75) is 52.1 Å². The van der Waals surface area contributed by atoms with Crippen LogP contribution in [-0.2, 0) is 17.6 Å². The van der Waals surface area contributed by atoms with E-state index >= 15 is 0 Å². The molecule has 0 aromatic heterocycles. The molecule has 7 heteroatoms. The molecule has 0 radical (unpaired) electrons. The number of rotatable bonds is 7. The Morgan fingerprint density at radius 3 is 2.29 bits per heavy atom. The van der Waals surface area contributed by atoms with Gasteiger partial charge in [-0.15, -0.1) is 0 Å². The summed E-state index contributed by atoms with van der Waals surface area (Å²) >= 11 is 0. The number of urea groups is 1. The maximum atomic E-state index is 13.8. The lowest BCUT2D eigenvalue weighted by Gasteiger charge is -2.40. The molecule has 2 fully saturated rings. The van der Waals surface area contributed by atoms with Crippen molar-refractivity contribution in [3.8, 4) is 0 Å². The molecule has 3 aromatic rings. The lowest BCUT2D eigenvalue weighted by molar-refractivity contribution is -0.121. The zero-order valence-corrected chi connectivity index (χ0v) is 24.5. The molecule has 214 valence electrons. The number of anilines is 3. The highest BCUT2D eigenvalue weighted by Gasteiger charge is 2.33. The van der Waals surface area contributed by atoms with Crippen molar-refractivity contribution in [1.82, 2.24) is 9.80 Å². The zero-order chi connectivity index (χ0) is 28.5. The molecule has 2 heterocycles. The zero-order valence-electron chi connectivity index (χ0n) is 24.5. The van der Waals surface area contributed by atoms with E-state index in [0.717, 1.165) is 80.3 Å². The lowest BCUT2D eigenvalue weighted by atomic mass is 10.0. The summed E-state index contributed by atoms with van der Waals surface area (Å²) in [6.45, 7) is 10.9. The molecule has 1 atom stereocenters. The average Bonchev–Trinajstić information content (AvgIpc) is 3.60. The monoisotopic (exact) mass is 551 g/mol. The quantitative estimate of drug-likeness (QED) is 0.413. The van der Waals surface area contributed by atoms with Crippen LogP contribution in [0, 0.1) is 6.92 Å². The summed E-state index contributed by atoms with van der Waals surface area (Å²) in [5.41, 5.74) is 7.95. The SMILES string of the molecule is Cc1cc(N2CCN(C(C(=O)Nc3ccc4c(c3)CCC4)c3ccccc3)CC2)ccc1N1CCN(C(C)C)C1=O. The van der Waals surface area contributed by atoms with E-state index in [4.69, 9.17) is 0 Å². The van der Waals surface area contributed by atoms with E-state index in [1.165, 1.54) is 17.5 Å². The number of nitrogens with one attached hydrogen (secondary N) is 1. The van der Waals surface area contributed by atoms with Crippen LogP contribution >= 0.6 is 0 Å². The summed E-state index contributed by atoms with van der Waals surface area (Å²) < 4.78 is 0. The van der Waals surface area contributed by atoms with Crippen LogP contribution in [0.25, 0.3) is 0 Å². The molecule has 3 aromatic carbocycles. The molecule has 2 saturated heterocycles. The van der Waals surface area contributed by atoms with E-state index in [-0.39, 0.29) is 24.0 Å². The Kier molecular flexibility index (Phi) is 7.71. The highest BCUT2D eigenvalue weighted by Crippen LogP contribution is 2.31. The minimum atomic E-state index is -0.346. The smallest absolute Gasteiger partial charge is 0.324 e. The van der Waals surface area contributed by atoms with Crippen LogP contribution in [-0.4, -0.2) is 67.0 Å². The first kappa shape index (κ1) is 27.3. The molecule has 1 N–H and O–H groups in total. The van der Waals surface area contributed by atoms with Gasteiger partial charge in [-0.25, -0.2) is 4.79 Å². The van der Waals surface area contributed by atoms with E-state index in [0.29, 0.717) is 0 Å². The fourth-order valence-corrected chi connectivity index (χ4v) is 6.66. The second-order valence-corrected chi connectivity index (χ2v) is 11.9. The summed E-state index contributed by atoms with van der Waals surface area (Å²) in [4.78, 5) is 35.2. The first-order valence-corrected chi connectivity index (χ1v) is 15.0. The molecule has 0 spiro atoms. The third-order valence-corrected chi connectivity index (χ3v) is 8.91. The van der Waals surface area contributed by atoms with Crippen LogP contribution < -0.4 is 15.1 Å². The maximum absolute atomic E-state index is 13.8. The molecule has 3 amide bonds. The standard InChI is InChI=1S/C34H41N5O2/c1-24(2)38-20-21-39(34(38)41)31-15-14-30(22-25(31)3)36-16-18-37(19-17-36)32(27-8-5-4-6-9-27)33(40)35-29-13-12-26-10-7-11-28(26)23-29/h4-6,8-9,12-15,22-24,32H,7,10-11,16-21H2,1-3H3,(H,35,40). The van der Waals surface area contributed by atoms with E-state index < -0.39 is 0 Å². The van der Waals surface area contributed by atoms with Crippen molar-refractivity contribution in [1.29, 1.82) is 0 Å². The largest absolute Gasteiger partial charge is 0.369 e. The summed E-state index contributed by atoms with van der Waals surface area (Å²) in [5.74, 6) is 0.0218. The molecule has 7 nitrogen and oxygen atoms in total. The third kappa shape index (κ3) is 5.55. The van der Waals surface area contributed by atoms with Crippen molar-refractivity contribution in [2.24, 2.45) is 0 Å². The molecule has 41 heavy (non-hydrogen) atoms. The normalized spacial score (nSPS) is 18.2. The van der Waals surface area contributed by atoms with Gasteiger partial charge in [0.15, 0.2) is 0 Å². The van der Waals surface area contributed by atoms with Crippen molar-refractivity contribution in [3.05, 3.63) is 89.0 Å². The molecule has 6 rings (SSSR count). The number of hydrogen-bond donors (Lipinski definition) is 1. The van der Waals surface area contributed by atoms with Crippen molar-refractivity contribution in [2.75, 3.05) is 54.4 Å². The van der Waals surface area contributed by atoms with Crippen molar-refractivity contribution < 1.29 is 9.59 Å². The van der Waals surface area contributed by atoms with Crippen LogP contribution in [0.15, 0.2) is 66.7 Å². The van der Waals surface area contributed by atoms with E-state index in [1.807, 2.05) is 34.1 Å². The van der Waals surface area contributed by atoms with Crippen LogP contribution in [0.3, 0.4) is 0 Å². The number of benzene rings is 3. The number of carbonyl (C=O) groups excluding carboxylic acids is 2. The Hall–Kier alpha value is -3.84. The number of aryl methyl sites for hydroxylation is 3. The molecule has 0 bridgehead atoms. The van der Waals surface area contributed by atoms with Crippen LogP contribution in [0.2, 0.25) is 0 Å². The fraction of sp³-hybridized carbons (Fsp3) is 0.412. The van der Waals surface area contributed by atoms with Gasteiger partial charge in [0.05, 0.1) is 0 Å². The van der Waals surface area contributed by atoms with Gasteiger partial charge in [0, 0.05) is 62.4 Å². The molecule has 2 aliphatic heterocycles. The number of carbonyl (C=O) groups is 2. The van der Waals surface area contributed by atoms with Gasteiger partial charge in [-0.05, 0) is 92.6 Å². The van der Waals surface area contributed by atoms with Gasteiger partial charge < -0.3 is 15.1 Å². The summed E-state index contributed by atoms with van der Waals surface area (Å²) in [6, 6.07) is 22.9. The van der Waals surface area contributed by atoms with Crippen LogP contribution in [0.1, 0.15) is 48.6 Å². The fourth-order valence-electron chi connectivity index (χ4n) is 6.66. The van der Waals surface area contributed by atoms with Crippen molar-refractivity contribution in [3.63, 3.8) is 0 Å². The third-order valence-electron chi connectivity index (χ3n) is 8.91. The number of piperazine rings is 1. The van der Waals surface area contributed by atoms with Gasteiger partial charge in [-0.1, -0.05) is 36.4 Å². The molecular weight excluding hydrogens is 510 g/mol. The number of hydrogen-bond acceptors (Lipinski definition) is 4. The van der Waals surface area contributed by atoms with Crippen molar-refractivity contribution >= 4 is 29.0 Å². The topological polar surface area (TPSA) is 59.1 Å². The minimum Gasteiger partial charge on any atom is -0.369 e. The molecule has 1 aliphatic carbocycles. The molecule has 1 unspecified atom stereocenters. The van der Waals surface area contributed by atoms with Gasteiger partial charge >= 0.3 is 6.03 Å². The summed E-state index contributed by atoms with van der Waals surface area (Å²) in [7, 11) is 0. The number of amides is 3. The lowest BCUT2D eigenvalue weighted by Crippen LogP contribution is -2.50. The summed E-state index contributed by atoms with van der Waals surface area (Å²) in [6.07, 6.45) is 3.42. The Bertz CT molecular complexity index is 1410. The number of fused-ring (bicyclic) bond motifs is 1. The van der Waals surface area contributed by atoms with Gasteiger partial charge in [-0.2, -0.15) is 0 Å². The van der Waals surface area contributed by atoms with Crippen LogP contribution in [0.4, 0.5) is 21.9 Å². The molecule has 0 saturated carbocycles. The Balaban J connectivity index is 1.14. The summed E-state index contributed by atoms with van der Waals surface area (Å²) in [5, 5.41) is 3.23. The van der Waals surface area contributed by atoms with E-state index in [2.05, 4.69) is 78.4 Å². The van der Waals surface area contributed by atoms with Crippen LogP contribution in [0.5, 0.6) is 0 Å². The Morgan fingerprint density at radius 1 is 0.829 bits per heavy atom. The first-order valence-electron chi connectivity index (χ1n) is 15.0. The Morgan fingerprint density at radius 2 is 1.59 bits per heavy atom. The van der Waals surface area contributed by atoms with Gasteiger partial charge in [0.2, 0.25) is 5.91 Å². The average molecular weight is 552 g/mol. The molecule has 3 aliphatic rings.